The molecule has 0 saturated heterocycles. The number of aromatic nitrogens is 2. The Balaban J connectivity index is 2.25. The van der Waals surface area contributed by atoms with E-state index in [0.29, 0.717) is 6.07 Å². The minimum Gasteiger partial charge on any atom is -0.271 e. The molecule has 12 heteroatoms. The third kappa shape index (κ3) is 3.29. The quantitative estimate of drug-likeness (QED) is 0.629. The highest BCUT2D eigenvalue weighted by atomic mass is 19.4. The minimum atomic E-state index is -5.06. The number of alkyl halides is 6. The second-order valence-electron chi connectivity index (χ2n) is 5.51. The first kappa shape index (κ1) is 18.6. The van der Waals surface area contributed by atoms with Gasteiger partial charge < -0.3 is 0 Å². The maximum atomic E-state index is 13.3. The average molecular weight is 390 g/mol. The predicted molar refractivity (Wildman–Crippen MR) is 78.8 cm³/mol. The third-order valence-corrected chi connectivity index (χ3v) is 3.60. The van der Waals surface area contributed by atoms with E-state index >= 15 is 0 Å². The van der Waals surface area contributed by atoms with Crippen molar-refractivity contribution in [1.82, 2.24) is 15.0 Å². The Morgan fingerprint density at radius 2 is 1.67 bits per heavy atom. The number of benzene rings is 1. The summed E-state index contributed by atoms with van der Waals surface area (Å²) >= 11 is 0. The highest BCUT2D eigenvalue weighted by Gasteiger charge is 2.39. The lowest BCUT2D eigenvalue weighted by atomic mass is 10.1. The second-order valence-corrected chi connectivity index (χ2v) is 5.51. The van der Waals surface area contributed by atoms with Gasteiger partial charge in [-0.25, -0.2) is 9.97 Å². The Hall–Kier alpha value is -3.18. The van der Waals surface area contributed by atoms with Gasteiger partial charge in [0.2, 0.25) is 5.82 Å². The summed E-state index contributed by atoms with van der Waals surface area (Å²) in [6.45, 7) is 1.27. The molecular formula is C15H8F6N4O2. The van der Waals surface area contributed by atoms with E-state index in [9.17, 15) is 35.9 Å². The average Bonchev–Trinajstić information content (AvgIpc) is 2.78. The number of nitrogens with zero attached hydrogens (tertiary/aromatic N) is 3. The first-order valence-electron chi connectivity index (χ1n) is 7.18. The maximum Gasteiger partial charge on any atom is 0.451 e. The van der Waals surface area contributed by atoms with E-state index in [2.05, 4.69) is 9.97 Å². The second kappa shape index (κ2) is 5.93. The molecule has 0 radical (unpaired) electrons. The summed E-state index contributed by atoms with van der Waals surface area (Å²) in [6.07, 6.45) is -9.12. The van der Waals surface area contributed by atoms with Crippen LogP contribution in [0.25, 0.3) is 10.9 Å². The number of hydrazine groups is 1. The number of fused-ring (bicyclic) bond motifs is 1. The number of nitrogens with one attached hydrogen (secondary N) is 1. The Morgan fingerprint density at radius 3 is 2.19 bits per heavy atom. The summed E-state index contributed by atoms with van der Waals surface area (Å²) in [4.78, 5) is 29.9. The summed E-state index contributed by atoms with van der Waals surface area (Å²) in [7, 11) is 0. The van der Waals surface area contributed by atoms with Gasteiger partial charge in [-0.05, 0) is 19.1 Å². The SMILES string of the molecule is CC1=CC(=O)N(Nc2nc(C(F)(F)F)nc3cccc(C(F)(F)F)c23)C1=O. The largest absolute Gasteiger partial charge is 0.451 e. The van der Waals surface area contributed by atoms with Gasteiger partial charge in [0.05, 0.1) is 16.5 Å². The molecule has 0 saturated carbocycles. The summed E-state index contributed by atoms with van der Waals surface area (Å²) in [5.41, 5.74) is -0.0474. The Kier molecular flexibility index (Phi) is 4.08. The number of anilines is 1. The van der Waals surface area contributed by atoms with Gasteiger partial charge in [0.1, 0.15) is 0 Å². The highest BCUT2D eigenvalue weighted by molar-refractivity contribution is 6.16. The Labute approximate surface area is 146 Å². The fraction of sp³-hybridized carbons (Fsp3) is 0.200. The lowest BCUT2D eigenvalue weighted by molar-refractivity contribution is -0.144. The predicted octanol–water partition coefficient (Wildman–Crippen LogP) is 3.31. The maximum absolute atomic E-state index is 13.3. The summed E-state index contributed by atoms with van der Waals surface area (Å²) in [5.74, 6) is -4.57. The molecule has 2 heterocycles. The topological polar surface area (TPSA) is 75.2 Å². The normalized spacial score (nSPS) is 15.5. The zero-order valence-corrected chi connectivity index (χ0v) is 13.2. The molecule has 1 aromatic heterocycles. The van der Waals surface area contributed by atoms with E-state index in [0.717, 1.165) is 18.2 Å². The van der Waals surface area contributed by atoms with Crippen molar-refractivity contribution in [2.45, 2.75) is 19.3 Å². The molecule has 2 aromatic rings. The van der Waals surface area contributed by atoms with E-state index in [1.807, 2.05) is 5.43 Å². The third-order valence-electron chi connectivity index (χ3n) is 3.60. The van der Waals surface area contributed by atoms with Crippen molar-refractivity contribution in [2.24, 2.45) is 0 Å². The zero-order chi connectivity index (χ0) is 20.1. The van der Waals surface area contributed by atoms with Crippen LogP contribution in [0.3, 0.4) is 0 Å². The van der Waals surface area contributed by atoms with Crippen LogP contribution in [0.2, 0.25) is 0 Å². The van der Waals surface area contributed by atoms with E-state index < -0.39 is 52.3 Å². The zero-order valence-electron chi connectivity index (χ0n) is 13.2. The number of hydrogen-bond donors (Lipinski definition) is 1. The van der Waals surface area contributed by atoms with Crippen LogP contribution in [0, 0.1) is 0 Å². The lowest BCUT2D eigenvalue weighted by Gasteiger charge is -2.20. The number of carbonyl (C=O) groups is 2. The van der Waals surface area contributed by atoms with E-state index in [1.54, 1.807) is 0 Å². The molecule has 0 spiro atoms. The molecule has 142 valence electrons. The van der Waals surface area contributed by atoms with Gasteiger partial charge >= 0.3 is 12.4 Å². The van der Waals surface area contributed by atoms with Crippen LogP contribution in [-0.2, 0) is 21.9 Å². The Morgan fingerprint density at radius 1 is 1.00 bits per heavy atom. The molecule has 6 nitrogen and oxygen atoms in total. The number of imide groups is 1. The van der Waals surface area contributed by atoms with Crippen molar-refractivity contribution >= 4 is 28.5 Å². The van der Waals surface area contributed by atoms with Gasteiger partial charge in [0.25, 0.3) is 11.8 Å². The Bertz CT molecular complexity index is 996. The first-order valence-corrected chi connectivity index (χ1v) is 7.18. The van der Waals surface area contributed by atoms with Gasteiger partial charge in [-0.1, -0.05) is 6.07 Å². The highest BCUT2D eigenvalue weighted by Crippen LogP contribution is 2.39. The molecule has 2 amide bonds. The number of amides is 2. The van der Waals surface area contributed by atoms with Crippen molar-refractivity contribution in [3.8, 4) is 0 Å². The molecule has 27 heavy (non-hydrogen) atoms. The van der Waals surface area contributed by atoms with Crippen LogP contribution in [0.4, 0.5) is 32.2 Å². The molecule has 0 bridgehead atoms. The number of rotatable bonds is 2. The minimum absolute atomic E-state index is 0.0436. The molecule has 0 atom stereocenters. The lowest BCUT2D eigenvalue weighted by Crippen LogP contribution is -2.37. The van der Waals surface area contributed by atoms with Crippen LogP contribution in [-0.4, -0.2) is 26.8 Å². The van der Waals surface area contributed by atoms with Crippen molar-refractivity contribution in [1.29, 1.82) is 0 Å². The summed E-state index contributed by atoms with van der Waals surface area (Å²) in [6, 6.07) is 2.45. The summed E-state index contributed by atoms with van der Waals surface area (Å²) in [5, 5.41) is -0.520. The molecule has 1 aliphatic rings. The number of hydrogen-bond acceptors (Lipinski definition) is 5. The summed E-state index contributed by atoms with van der Waals surface area (Å²) < 4.78 is 79.0. The van der Waals surface area contributed by atoms with Crippen molar-refractivity contribution in [2.75, 3.05) is 5.43 Å². The van der Waals surface area contributed by atoms with Gasteiger partial charge in [-0.2, -0.15) is 31.4 Å². The van der Waals surface area contributed by atoms with Crippen molar-refractivity contribution in [3.05, 3.63) is 41.2 Å². The molecule has 3 rings (SSSR count). The molecular weight excluding hydrogens is 382 g/mol. The van der Waals surface area contributed by atoms with Crippen molar-refractivity contribution in [3.63, 3.8) is 0 Å². The van der Waals surface area contributed by atoms with E-state index in [-0.39, 0.29) is 10.6 Å². The fourth-order valence-electron chi connectivity index (χ4n) is 2.43. The molecule has 1 aromatic carbocycles. The van der Waals surface area contributed by atoms with Crippen LogP contribution < -0.4 is 5.43 Å². The van der Waals surface area contributed by atoms with E-state index in [4.69, 9.17) is 0 Å². The molecule has 0 fully saturated rings. The van der Waals surface area contributed by atoms with Crippen LogP contribution >= 0.6 is 0 Å². The van der Waals surface area contributed by atoms with Gasteiger partial charge in [-0.15, -0.1) is 0 Å². The van der Waals surface area contributed by atoms with Crippen molar-refractivity contribution < 1.29 is 35.9 Å². The monoisotopic (exact) mass is 390 g/mol. The van der Waals surface area contributed by atoms with E-state index in [1.165, 1.54) is 6.92 Å². The molecule has 1 N–H and O–H groups in total. The molecule has 0 unspecified atom stereocenters. The van der Waals surface area contributed by atoms with Gasteiger partial charge in [0, 0.05) is 11.6 Å². The fourth-order valence-corrected chi connectivity index (χ4v) is 2.43. The first-order chi connectivity index (χ1) is 12.4. The van der Waals surface area contributed by atoms with Crippen LogP contribution in [0.5, 0.6) is 0 Å². The molecule has 0 aliphatic carbocycles. The van der Waals surface area contributed by atoms with Crippen LogP contribution in [0.15, 0.2) is 29.8 Å². The van der Waals surface area contributed by atoms with Gasteiger partial charge in [-0.3, -0.25) is 15.0 Å². The number of carbonyl (C=O) groups excluding carboxylic acids is 2. The van der Waals surface area contributed by atoms with Gasteiger partial charge in [0.15, 0.2) is 5.82 Å². The van der Waals surface area contributed by atoms with Crippen LogP contribution in [0.1, 0.15) is 18.3 Å². The number of halogens is 6. The molecule has 1 aliphatic heterocycles. The standard InChI is InChI=1S/C15H8F6N4O2/c1-6-5-9(26)25(12(6)27)24-11-10-7(14(16,17)18)3-2-4-8(10)22-13(23-11)15(19,20)21/h2-5H,1H3,(H,22,23,24). The smallest absolute Gasteiger partial charge is 0.271 e.